The van der Waals surface area contributed by atoms with Crippen molar-refractivity contribution in [3.63, 3.8) is 0 Å². The number of aliphatic hydroxyl groups excluding tert-OH is 1. The molecule has 1 aromatic carbocycles. The van der Waals surface area contributed by atoms with Crippen molar-refractivity contribution in [1.82, 2.24) is 10.6 Å². The molecule has 6 heteroatoms. The van der Waals surface area contributed by atoms with Crippen molar-refractivity contribution in [2.45, 2.75) is 19.4 Å². The van der Waals surface area contributed by atoms with Crippen molar-refractivity contribution in [2.24, 2.45) is 0 Å². The predicted molar refractivity (Wildman–Crippen MR) is 90.4 cm³/mol. The minimum atomic E-state index is -0.480. The van der Waals surface area contributed by atoms with E-state index in [0.29, 0.717) is 5.56 Å². The monoisotopic (exact) mass is 332 g/mol. The lowest BCUT2D eigenvalue weighted by Crippen LogP contribution is -2.39. The Balaban J connectivity index is 1.87. The molecule has 2 rings (SSSR count). The second-order valence-corrected chi connectivity index (χ2v) is 5.87. The Bertz CT molecular complexity index is 638. The summed E-state index contributed by atoms with van der Waals surface area (Å²) < 4.78 is 0. The molecule has 1 unspecified atom stereocenters. The maximum absolute atomic E-state index is 11.9. The molecule has 2 aromatic rings. The van der Waals surface area contributed by atoms with Crippen LogP contribution in [0.3, 0.4) is 0 Å². The van der Waals surface area contributed by atoms with Crippen LogP contribution in [0, 0.1) is 0 Å². The first-order valence-corrected chi connectivity index (χ1v) is 8.37. The molecule has 2 amide bonds. The third-order valence-electron chi connectivity index (χ3n) is 3.50. The molecule has 1 aromatic heterocycles. The van der Waals surface area contributed by atoms with E-state index in [1.807, 2.05) is 24.3 Å². The largest absolute Gasteiger partial charge is 0.394 e. The summed E-state index contributed by atoms with van der Waals surface area (Å²) >= 11 is 1.42. The van der Waals surface area contributed by atoms with Crippen molar-refractivity contribution < 1.29 is 14.7 Å². The molecule has 5 nitrogen and oxygen atoms in total. The summed E-state index contributed by atoms with van der Waals surface area (Å²) in [6.07, 6.45) is 0.936. The third kappa shape index (κ3) is 4.91. The number of thiophene rings is 1. The lowest BCUT2D eigenvalue weighted by molar-refractivity contribution is -0.121. The fourth-order valence-corrected chi connectivity index (χ4v) is 2.76. The zero-order valence-corrected chi connectivity index (χ0v) is 13.7. The van der Waals surface area contributed by atoms with E-state index in [1.54, 1.807) is 16.8 Å². The van der Waals surface area contributed by atoms with Crippen molar-refractivity contribution in [3.8, 4) is 0 Å². The first-order chi connectivity index (χ1) is 11.1. The number of hydrogen-bond acceptors (Lipinski definition) is 4. The second-order valence-electron chi connectivity index (χ2n) is 5.09. The number of nitrogens with one attached hydrogen (secondary N) is 2. The molecular formula is C17H20N2O3S. The highest BCUT2D eigenvalue weighted by Crippen LogP contribution is 2.14. The Hall–Kier alpha value is -2.18. The van der Waals surface area contributed by atoms with Crippen LogP contribution in [0.25, 0.3) is 0 Å². The summed E-state index contributed by atoms with van der Waals surface area (Å²) in [5.74, 6) is -0.624. The second kappa shape index (κ2) is 8.45. The van der Waals surface area contributed by atoms with Crippen LogP contribution >= 0.6 is 11.3 Å². The molecule has 0 spiro atoms. The van der Waals surface area contributed by atoms with Gasteiger partial charge < -0.3 is 15.7 Å². The molecule has 0 radical (unpaired) electrons. The maximum Gasteiger partial charge on any atom is 0.252 e. The number of carbonyl (C=O) groups excluding carboxylic acids is 2. The van der Waals surface area contributed by atoms with E-state index in [9.17, 15) is 14.7 Å². The fourth-order valence-electron chi connectivity index (χ4n) is 2.12. The number of hydrogen-bond donors (Lipinski definition) is 3. The Morgan fingerprint density at radius 3 is 2.52 bits per heavy atom. The maximum atomic E-state index is 11.9. The first-order valence-electron chi connectivity index (χ1n) is 7.43. The molecule has 0 aliphatic carbocycles. The van der Waals surface area contributed by atoms with Gasteiger partial charge in [0.25, 0.3) is 5.91 Å². The topological polar surface area (TPSA) is 78.4 Å². The molecule has 1 atom stereocenters. The fraction of sp³-hybridized carbons (Fsp3) is 0.294. The molecule has 0 aliphatic rings. The average Bonchev–Trinajstić information content (AvgIpc) is 3.12. The third-order valence-corrected chi connectivity index (χ3v) is 4.18. The van der Waals surface area contributed by atoms with Crippen LogP contribution < -0.4 is 10.6 Å². The average molecular weight is 332 g/mol. The Labute approximate surface area is 139 Å². The van der Waals surface area contributed by atoms with E-state index in [4.69, 9.17) is 0 Å². The summed E-state index contributed by atoms with van der Waals surface area (Å²) in [6.45, 7) is 1.74. The highest BCUT2D eigenvalue weighted by atomic mass is 32.1. The zero-order chi connectivity index (χ0) is 16.7. The Kier molecular flexibility index (Phi) is 6.31. The van der Waals surface area contributed by atoms with Crippen molar-refractivity contribution >= 4 is 23.2 Å². The highest BCUT2D eigenvalue weighted by molar-refractivity contribution is 7.08. The van der Waals surface area contributed by atoms with Crippen LogP contribution in [-0.2, 0) is 11.2 Å². The summed E-state index contributed by atoms with van der Waals surface area (Å²) in [7, 11) is 0. The number of amides is 2. The van der Waals surface area contributed by atoms with E-state index < -0.39 is 6.04 Å². The zero-order valence-electron chi connectivity index (χ0n) is 12.9. The molecule has 0 bridgehead atoms. The van der Waals surface area contributed by atoms with Gasteiger partial charge in [-0.15, -0.1) is 0 Å². The standard InChI is InChI=1S/C17H20N2O3S/c1-2-12-3-5-13(6-4-12)15(10-20)19-16(21)9-18-17(22)14-7-8-23-11-14/h3-8,11,15,20H,2,9-10H2,1H3,(H,18,22)(H,19,21). The van der Waals surface area contributed by atoms with Crippen LogP contribution in [0.2, 0.25) is 0 Å². The van der Waals surface area contributed by atoms with Gasteiger partial charge in [0, 0.05) is 10.9 Å². The molecule has 122 valence electrons. The molecular weight excluding hydrogens is 312 g/mol. The Morgan fingerprint density at radius 2 is 1.96 bits per heavy atom. The summed E-state index contributed by atoms with van der Waals surface area (Å²) in [4.78, 5) is 23.7. The van der Waals surface area contributed by atoms with Crippen molar-refractivity contribution in [3.05, 3.63) is 57.8 Å². The van der Waals surface area contributed by atoms with E-state index in [2.05, 4.69) is 17.6 Å². The minimum Gasteiger partial charge on any atom is -0.394 e. The van der Waals surface area contributed by atoms with Gasteiger partial charge in [-0.2, -0.15) is 11.3 Å². The SMILES string of the molecule is CCc1ccc(C(CO)NC(=O)CNC(=O)c2ccsc2)cc1. The van der Waals surface area contributed by atoms with Crippen molar-refractivity contribution in [1.29, 1.82) is 0 Å². The quantitative estimate of drug-likeness (QED) is 0.724. The lowest BCUT2D eigenvalue weighted by atomic mass is 10.0. The van der Waals surface area contributed by atoms with Crippen LogP contribution in [0.1, 0.15) is 34.5 Å². The van der Waals surface area contributed by atoms with Gasteiger partial charge in [-0.05, 0) is 29.0 Å². The van der Waals surface area contributed by atoms with Gasteiger partial charge in [-0.1, -0.05) is 31.2 Å². The van der Waals surface area contributed by atoms with Crippen LogP contribution in [0.5, 0.6) is 0 Å². The van der Waals surface area contributed by atoms with Crippen LogP contribution in [0.15, 0.2) is 41.1 Å². The van der Waals surface area contributed by atoms with E-state index >= 15 is 0 Å². The number of rotatable bonds is 7. The summed E-state index contributed by atoms with van der Waals surface area (Å²) in [5.41, 5.74) is 2.57. The van der Waals surface area contributed by atoms with E-state index in [-0.39, 0.29) is 25.0 Å². The normalized spacial score (nSPS) is 11.7. The van der Waals surface area contributed by atoms with Gasteiger partial charge in [0.05, 0.1) is 19.2 Å². The van der Waals surface area contributed by atoms with Gasteiger partial charge >= 0.3 is 0 Å². The van der Waals surface area contributed by atoms with Crippen LogP contribution in [-0.4, -0.2) is 30.1 Å². The molecule has 23 heavy (non-hydrogen) atoms. The molecule has 1 heterocycles. The summed E-state index contributed by atoms with van der Waals surface area (Å²) in [6, 6.07) is 8.95. The lowest BCUT2D eigenvalue weighted by Gasteiger charge is -2.17. The number of aryl methyl sites for hydroxylation is 1. The van der Waals surface area contributed by atoms with Gasteiger partial charge in [-0.3, -0.25) is 9.59 Å². The number of benzene rings is 1. The van der Waals surface area contributed by atoms with Gasteiger partial charge in [0.1, 0.15) is 0 Å². The van der Waals surface area contributed by atoms with Gasteiger partial charge in [-0.25, -0.2) is 0 Å². The van der Waals surface area contributed by atoms with Crippen molar-refractivity contribution in [2.75, 3.05) is 13.2 Å². The Morgan fingerprint density at radius 1 is 1.22 bits per heavy atom. The summed E-state index contributed by atoms with van der Waals surface area (Å²) in [5, 5.41) is 18.3. The van der Waals surface area contributed by atoms with Crippen LogP contribution in [0.4, 0.5) is 0 Å². The smallest absolute Gasteiger partial charge is 0.252 e. The molecule has 0 saturated carbocycles. The highest BCUT2D eigenvalue weighted by Gasteiger charge is 2.14. The molecule has 3 N–H and O–H groups in total. The van der Waals surface area contributed by atoms with Gasteiger partial charge in [0.15, 0.2) is 0 Å². The van der Waals surface area contributed by atoms with E-state index in [0.717, 1.165) is 12.0 Å². The predicted octanol–water partition coefficient (Wildman–Crippen LogP) is 1.89. The molecule has 0 saturated heterocycles. The van der Waals surface area contributed by atoms with E-state index in [1.165, 1.54) is 16.9 Å². The first kappa shape index (κ1) is 17.2. The number of aliphatic hydroxyl groups is 1. The van der Waals surface area contributed by atoms with Gasteiger partial charge in [0.2, 0.25) is 5.91 Å². The minimum absolute atomic E-state index is 0.127. The number of carbonyl (C=O) groups is 2. The molecule has 0 fully saturated rings. The molecule has 0 aliphatic heterocycles.